The van der Waals surface area contributed by atoms with E-state index in [4.69, 9.17) is 0 Å². The fraction of sp³-hybridized carbons (Fsp3) is 0.368. The van der Waals surface area contributed by atoms with Gasteiger partial charge in [0.2, 0.25) is 0 Å². The van der Waals surface area contributed by atoms with Crippen molar-refractivity contribution in [2.45, 2.75) is 91.4 Å². The summed E-state index contributed by atoms with van der Waals surface area (Å²) in [5.41, 5.74) is 11.9. The first-order chi connectivity index (χ1) is 18.2. The fourth-order valence-corrected chi connectivity index (χ4v) is 5.17. The molecule has 1 aliphatic carbocycles. The molecule has 0 N–H and O–H groups in total. The quantitative estimate of drug-likeness (QED) is 0.251. The molecule has 0 atom stereocenters. The SMILES string of the molecule is CC(C)(C)c1c[c-]c2c(c1)-c1cc(C(C)(C)C)ccc1C2.CC(C)(C)c1cc[cH-]c1.[Cl-].[Cl-].[Zr+2]=[CH]Cc1ccccc1. The van der Waals surface area contributed by atoms with Crippen molar-refractivity contribution in [3.8, 4) is 11.1 Å². The Morgan fingerprint density at radius 3 is 1.80 bits per heavy atom. The molecule has 218 valence electrons. The molecule has 0 bridgehead atoms. The molecule has 0 heterocycles. The third-order valence-electron chi connectivity index (χ3n) is 7.24. The van der Waals surface area contributed by atoms with Crippen LogP contribution in [0.2, 0.25) is 0 Å². The molecule has 41 heavy (non-hydrogen) atoms. The van der Waals surface area contributed by atoms with E-state index in [1.807, 2.05) is 6.07 Å². The van der Waals surface area contributed by atoms with Gasteiger partial charge in [-0.15, -0.1) is 5.56 Å². The molecule has 0 radical (unpaired) electrons. The van der Waals surface area contributed by atoms with Gasteiger partial charge in [0.15, 0.2) is 0 Å². The van der Waals surface area contributed by atoms with Gasteiger partial charge in [-0.1, -0.05) is 102 Å². The minimum absolute atomic E-state index is 0. The van der Waals surface area contributed by atoms with Crippen molar-refractivity contribution in [3.63, 3.8) is 0 Å². The van der Waals surface area contributed by atoms with Crippen LogP contribution in [0.3, 0.4) is 0 Å². The summed E-state index contributed by atoms with van der Waals surface area (Å²) in [6.45, 7) is 20.3. The molecule has 0 saturated carbocycles. The van der Waals surface area contributed by atoms with Crippen LogP contribution in [0.1, 0.15) is 95.7 Å². The van der Waals surface area contributed by atoms with Crippen LogP contribution >= 0.6 is 0 Å². The first kappa shape index (κ1) is 37.4. The van der Waals surface area contributed by atoms with Crippen molar-refractivity contribution in [1.82, 2.24) is 0 Å². The molecule has 4 aromatic rings. The maximum atomic E-state index is 3.53. The fourth-order valence-electron chi connectivity index (χ4n) is 4.59. The molecule has 0 aliphatic heterocycles. The summed E-state index contributed by atoms with van der Waals surface area (Å²) < 4.78 is 2.25. The number of hydrogen-bond acceptors (Lipinski definition) is 0. The van der Waals surface area contributed by atoms with E-state index < -0.39 is 0 Å². The van der Waals surface area contributed by atoms with E-state index in [0.717, 1.165) is 12.8 Å². The van der Waals surface area contributed by atoms with E-state index in [2.05, 4.69) is 151 Å². The third-order valence-corrected chi connectivity index (χ3v) is 7.74. The summed E-state index contributed by atoms with van der Waals surface area (Å²) in [7, 11) is 0. The summed E-state index contributed by atoms with van der Waals surface area (Å²) in [5, 5.41) is 0. The molecule has 4 aromatic carbocycles. The predicted octanol–water partition coefficient (Wildman–Crippen LogP) is 3.94. The number of benzene rings is 3. The first-order valence-electron chi connectivity index (χ1n) is 14.1. The summed E-state index contributed by atoms with van der Waals surface area (Å²) in [5.74, 6) is 0. The van der Waals surface area contributed by atoms with Gasteiger partial charge < -0.3 is 24.8 Å². The number of hydrogen-bond donors (Lipinski definition) is 0. The van der Waals surface area contributed by atoms with E-state index in [9.17, 15) is 0 Å². The van der Waals surface area contributed by atoms with Crippen molar-refractivity contribution < 1.29 is 49.0 Å². The zero-order chi connectivity index (χ0) is 28.8. The normalized spacial score (nSPS) is 11.8. The van der Waals surface area contributed by atoms with E-state index in [1.165, 1.54) is 68.7 Å². The van der Waals surface area contributed by atoms with Gasteiger partial charge in [0, 0.05) is 0 Å². The Hall–Kier alpha value is -1.66. The number of fused-ring (bicyclic) bond motifs is 3. The molecule has 0 amide bonds. The molecule has 1 aliphatic rings. The second-order valence-electron chi connectivity index (χ2n) is 13.6. The zero-order valence-electron chi connectivity index (χ0n) is 26.3. The van der Waals surface area contributed by atoms with Gasteiger partial charge in [0.05, 0.1) is 0 Å². The molecule has 0 aromatic heterocycles. The predicted molar refractivity (Wildman–Crippen MR) is 168 cm³/mol. The number of rotatable bonds is 2. The second-order valence-corrected chi connectivity index (χ2v) is 14.7. The van der Waals surface area contributed by atoms with E-state index >= 15 is 0 Å². The molecule has 5 rings (SSSR count). The monoisotopic (exact) mass is 662 g/mol. The van der Waals surface area contributed by atoms with Crippen LogP contribution < -0.4 is 24.8 Å². The van der Waals surface area contributed by atoms with Gasteiger partial charge >= 0.3 is 70.3 Å². The van der Waals surface area contributed by atoms with Gasteiger partial charge in [0.1, 0.15) is 0 Å². The van der Waals surface area contributed by atoms with Crippen LogP contribution in [0, 0.1) is 6.07 Å². The van der Waals surface area contributed by atoms with Crippen molar-refractivity contribution in [3.05, 3.63) is 124 Å². The summed E-state index contributed by atoms with van der Waals surface area (Å²) >= 11 is 1.51. The maximum absolute atomic E-state index is 3.53. The van der Waals surface area contributed by atoms with Crippen molar-refractivity contribution in [1.29, 1.82) is 0 Å². The molecule has 0 nitrogen and oxygen atoms in total. The van der Waals surface area contributed by atoms with Crippen molar-refractivity contribution >= 4 is 3.71 Å². The van der Waals surface area contributed by atoms with E-state index in [-0.39, 0.29) is 35.6 Å². The minimum atomic E-state index is 0. The van der Waals surface area contributed by atoms with Crippen molar-refractivity contribution in [2.24, 2.45) is 0 Å². The molecular weight excluding hydrogens is 619 g/mol. The van der Waals surface area contributed by atoms with Gasteiger partial charge in [-0.25, -0.2) is 6.07 Å². The standard InChI is InChI=1S/C21H25.C9H13.C8H8.2ClH.Zr/c1-20(2,3)16-9-7-14-11-15-8-10-17(21(4,5)6)13-19(15)18(14)12-16;1-9(2,3)8-6-4-5-7-8;1-2-8-6-4-3-5-7-8;;;/h7,9-10,12-13H,11H2,1-6H3;4-7H,1-3H3;1,3-7H,2H2;2*1H;/q2*-1;;;;+2/p-2. The van der Waals surface area contributed by atoms with Crippen LogP contribution in [0.5, 0.6) is 0 Å². The Bertz CT molecular complexity index is 1280. The van der Waals surface area contributed by atoms with Gasteiger partial charge in [-0.2, -0.15) is 53.1 Å². The molecule has 3 heteroatoms. The van der Waals surface area contributed by atoms with Crippen LogP contribution in [0.25, 0.3) is 11.1 Å². The molecule has 0 saturated heterocycles. The molecule has 0 fully saturated rings. The topological polar surface area (TPSA) is 0 Å². The molecule has 0 spiro atoms. The third kappa shape index (κ3) is 10.8. The van der Waals surface area contributed by atoms with E-state index in [1.54, 1.807) is 0 Å². The van der Waals surface area contributed by atoms with Crippen LogP contribution in [-0.2, 0) is 53.3 Å². The first-order valence-corrected chi connectivity index (χ1v) is 15.6. The average Bonchev–Trinajstić information content (AvgIpc) is 3.52. The Morgan fingerprint density at radius 1 is 0.732 bits per heavy atom. The Kier molecular flexibility index (Phi) is 14.3. The van der Waals surface area contributed by atoms with Crippen LogP contribution in [0.15, 0.2) is 84.9 Å². The van der Waals surface area contributed by atoms with Gasteiger partial charge in [-0.05, 0) is 17.4 Å². The van der Waals surface area contributed by atoms with Crippen molar-refractivity contribution in [2.75, 3.05) is 0 Å². The van der Waals surface area contributed by atoms with Crippen LogP contribution in [0.4, 0.5) is 0 Å². The summed E-state index contributed by atoms with van der Waals surface area (Å²) in [4.78, 5) is 0. The Morgan fingerprint density at radius 2 is 1.32 bits per heavy atom. The molecule has 0 unspecified atom stereocenters. The number of halogens is 2. The van der Waals surface area contributed by atoms with Gasteiger partial charge in [0.25, 0.3) is 0 Å². The second kappa shape index (κ2) is 15.7. The zero-order valence-corrected chi connectivity index (χ0v) is 30.3. The average molecular weight is 665 g/mol. The van der Waals surface area contributed by atoms with E-state index in [0.29, 0.717) is 5.41 Å². The van der Waals surface area contributed by atoms with Crippen LogP contribution in [-0.4, -0.2) is 3.71 Å². The summed E-state index contributed by atoms with van der Waals surface area (Å²) in [6, 6.07) is 34.1. The Labute approximate surface area is 277 Å². The van der Waals surface area contributed by atoms with Gasteiger partial charge in [-0.3, -0.25) is 0 Å². The Balaban J connectivity index is 0.000000351. The summed E-state index contributed by atoms with van der Waals surface area (Å²) in [6.07, 6.45) is 2.15. The molecular formula is C38H46Cl2Zr-2.